The van der Waals surface area contributed by atoms with Crippen molar-refractivity contribution in [2.75, 3.05) is 23.8 Å². The van der Waals surface area contributed by atoms with Crippen molar-refractivity contribution in [2.45, 2.75) is 119 Å². The molecule has 10 rings (SSSR count). The molecule has 312 valence electrons. The molecule has 4 N–H and O–H groups in total. The average molecular weight is 851 g/mol. The van der Waals surface area contributed by atoms with Crippen LogP contribution in [0.25, 0.3) is 0 Å². The number of aryl methyl sites for hydroxylation is 2. The van der Waals surface area contributed by atoms with Gasteiger partial charge in [-0.25, -0.2) is 49.6 Å². The zero-order valence-electron chi connectivity index (χ0n) is 32.1. The number of alkyl halides is 1. The maximum absolute atomic E-state index is 13.8. The standard InChI is InChI=1S/C39H43FN8O9S2/c40-23-16-47-36(56-18-23)32(14-41-47)58(51,52)46-39(50)44-35-29-11-3-9-27(29)31(28-10-4-12-30(28)35)20-55-24-17-48-37(57-19-24)33(15-42-48)59(53,54)45-38(49)43-34-25-7-1-5-21(25)13-22-6-2-8-26(22)34/h13-15,23-24H,1-12,16-20H2,(H2,43,45,49)(H2,44,46,50). The van der Waals surface area contributed by atoms with Crippen LogP contribution in [0.15, 0.2) is 28.3 Å². The van der Waals surface area contributed by atoms with Gasteiger partial charge in [-0.15, -0.1) is 0 Å². The molecule has 0 saturated heterocycles. The average Bonchev–Trinajstić information content (AvgIpc) is 4.05. The van der Waals surface area contributed by atoms with E-state index in [9.17, 15) is 30.8 Å². The van der Waals surface area contributed by atoms with Gasteiger partial charge in [-0.05, 0) is 127 Å². The van der Waals surface area contributed by atoms with E-state index in [1.165, 1.54) is 22.0 Å². The first-order valence-electron chi connectivity index (χ1n) is 20.1. The number of carbonyl (C=O) groups is 2. The monoisotopic (exact) mass is 850 g/mol. The van der Waals surface area contributed by atoms with Gasteiger partial charge in [0.15, 0.2) is 16.0 Å². The number of carbonyl (C=O) groups excluding carboxylic acids is 2. The number of fused-ring (bicyclic) bond motifs is 6. The summed E-state index contributed by atoms with van der Waals surface area (Å²) in [6, 6.07) is 0.487. The topological polar surface area (TPSA) is 214 Å². The fourth-order valence-electron chi connectivity index (χ4n) is 9.76. The number of hydrogen-bond donors (Lipinski definition) is 4. The van der Waals surface area contributed by atoms with Crippen LogP contribution in [0.5, 0.6) is 11.8 Å². The van der Waals surface area contributed by atoms with E-state index in [1.807, 2.05) is 0 Å². The number of rotatable bonds is 9. The van der Waals surface area contributed by atoms with E-state index in [2.05, 4.69) is 36.3 Å². The fourth-order valence-corrected chi connectivity index (χ4v) is 11.7. The number of nitrogens with one attached hydrogen (secondary N) is 4. The summed E-state index contributed by atoms with van der Waals surface area (Å²) in [5.41, 5.74) is 11.0. The first-order chi connectivity index (χ1) is 28.4. The molecule has 4 heterocycles. The molecule has 20 heteroatoms. The molecule has 0 saturated carbocycles. The first kappa shape index (κ1) is 38.0. The number of benzene rings is 2. The van der Waals surface area contributed by atoms with Crippen molar-refractivity contribution < 1.29 is 45.0 Å². The summed E-state index contributed by atoms with van der Waals surface area (Å²) in [5, 5.41) is 13.9. The van der Waals surface area contributed by atoms with E-state index in [0.29, 0.717) is 18.5 Å². The molecule has 17 nitrogen and oxygen atoms in total. The van der Waals surface area contributed by atoms with Crippen LogP contribution in [0.3, 0.4) is 0 Å². The van der Waals surface area contributed by atoms with E-state index < -0.39 is 44.4 Å². The lowest BCUT2D eigenvalue weighted by atomic mass is 9.92. The maximum atomic E-state index is 13.8. The highest BCUT2D eigenvalue weighted by atomic mass is 32.2. The summed E-state index contributed by atoms with van der Waals surface area (Å²) in [6.45, 7) is 0.0719. The minimum Gasteiger partial charge on any atom is -0.474 e. The molecule has 2 unspecified atom stereocenters. The number of ether oxygens (including phenoxy) is 3. The Morgan fingerprint density at radius 1 is 0.678 bits per heavy atom. The van der Waals surface area contributed by atoms with Crippen LogP contribution in [0.4, 0.5) is 25.4 Å². The van der Waals surface area contributed by atoms with Crippen LogP contribution in [-0.4, -0.2) is 73.9 Å². The molecule has 2 aromatic heterocycles. The fraction of sp³-hybridized carbons (Fsp3) is 0.487. The summed E-state index contributed by atoms with van der Waals surface area (Å²) in [5.74, 6) is -0.0914. The van der Waals surface area contributed by atoms with E-state index in [1.54, 1.807) is 0 Å². The molecule has 2 aliphatic heterocycles. The minimum absolute atomic E-state index is 0.0262. The zero-order valence-corrected chi connectivity index (χ0v) is 33.7. The summed E-state index contributed by atoms with van der Waals surface area (Å²) >= 11 is 0. The molecule has 6 aliphatic rings. The molecule has 2 aromatic carbocycles. The summed E-state index contributed by atoms with van der Waals surface area (Å²) in [6.07, 6.45) is 10.6. The SMILES string of the molecule is O=C(Nc1c2c(cc3c1CCC3)CCC2)NS(=O)(=O)c1cnn2c1OCC(OCc1c3c(c(NC(=O)NS(=O)(=O)c4cnn5c4OCC(F)C5)c4c1CCC4)CCC3)C2. The van der Waals surface area contributed by atoms with Crippen LogP contribution < -0.4 is 29.6 Å². The first-order valence-corrected chi connectivity index (χ1v) is 23.1. The van der Waals surface area contributed by atoms with Gasteiger partial charge in [0.2, 0.25) is 11.8 Å². The molecule has 0 spiro atoms. The number of halogens is 1. The summed E-state index contributed by atoms with van der Waals surface area (Å²) in [4.78, 5) is 25.9. The predicted octanol–water partition coefficient (Wildman–Crippen LogP) is 3.76. The van der Waals surface area contributed by atoms with Gasteiger partial charge in [-0.3, -0.25) is 0 Å². The number of anilines is 2. The van der Waals surface area contributed by atoms with Gasteiger partial charge in [0.05, 0.1) is 32.1 Å². The predicted molar refractivity (Wildman–Crippen MR) is 209 cm³/mol. The lowest BCUT2D eigenvalue weighted by molar-refractivity contribution is -0.0231. The van der Waals surface area contributed by atoms with Crippen LogP contribution in [0.1, 0.15) is 75.8 Å². The third kappa shape index (κ3) is 6.77. The van der Waals surface area contributed by atoms with Crippen molar-refractivity contribution in [1.82, 2.24) is 29.0 Å². The van der Waals surface area contributed by atoms with Gasteiger partial charge in [-0.2, -0.15) is 10.2 Å². The van der Waals surface area contributed by atoms with Gasteiger partial charge in [0.1, 0.15) is 19.3 Å². The Kier molecular flexibility index (Phi) is 9.35. The number of sulfonamides is 2. The van der Waals surface area contributed by atoms with Crippen LogP contribution in [-0.2, 0) is 95.8 Å². The second-order valence-electron chi connectivity index (χ2n) is 16.0. The Labute approximate surface area is 339 Å². The van der Waals surface area contributed by atoms with E-state index in [4.69, 9.17) is 14.2 Å². The van der Waals surface area contributed by atoms with E-state index >= 15 is 0 Å². The molecule has 2 atom stereocenters. The maximum Gasteiger partial charge on any atom is 0.333 e. The Balaban J connectivity index is 0.808. The number of hydrogen-bond acceptors (Lipinski definition) is 11. The Bertz CT molecular complexity index is 2590. The van der Waals surface area contributed by atoms with E-state index in [-0.39, 0.29) is 54.5 Å². The second-order valence-corrected chi connectivity index (χ2v) is 19.3. The molecular formula is C39H43FN8O9S2. The molecule has 4 amide bonds. The van der Waals surface area contributed by atoms with Gasteiger partial charge < -0.3 is 24.8 Å². The molecule has 0 bridgehead atoms. The van der Waals surface area contributed by atoms with Crippen LogP contribution >= 0.6 is 0 Å². The smallest absolute Gasteiger partial charge is 0.333 e. The number of nitrogens with zero attached hydrogens (tertiary/aromatic N) is 4. The second kappa shape index (κ2) is 14.5. The number of urea groups is 2. The molecule has 0 radical (unpaired) electrons. The Morgan fingerprint density at radius 3 is 1.73 bits per heavy atom. The van der Waals surface area contributed by atoms with Crippen molar-refractivity contribution in [3.05, 3.63) is 68.5 Å². The van der Waals surface area contributed by atoms with Crippen molar-refractivity contribution in [1.29, 1.82) is 0 Å². The van der Waals surface area contributed by atoms with Gasteiger partial charge >= 0.3 is 12.1 Å². The lowest BCUT2D eigenvalue weighted by Gasteiger charge is -2.26. The quantitative estimate of drug-likeness (QED) is 0.190. The van der Waals surface area contributed by atoms with Crippen molar-refractivity contribution in [3.63, 3.8) is 0 Å². The third-order valence-electron chi connectivity index (χ3n) is 12.3. The van der Waals surface area contributed by atoms with E-state index in [0.717, 1.165) is 120 Å². The number of amides is 4. The molecule has 0 fully saturated rings. The number of aromatic nitrogens is 4. The van der Waals surface area contributed by atoms with Gasteiger partial charge in [0.25, 0.3) is 20.0 Å². The normalized spacial score (nSPS) is 20.0. The van der Waals surface area contributed by atoms with Crippen molar-refractivity contribution in [3.8, 4) is 11.8 Å². The molecule has 59 heavy (non-hydrogen) atoms. The minimum atomic E-state index is -4.39. The molecule has 4 aromatic rings. The lowest BCUT2D eigenvalue weighted by Crippen LogP contribution is -2.36. The zero-order chi connectivity index (χ0) is 40.6. The Hall–Kier alpha value is -5.21. The van der Waals surface area contributed by atoms with Crippen molar-refractivity contribution >= 4 is 43.5 Å². The van der Waals surface area contributed by atoms with Crippen molar-refractivity contribution in [2.24, 2.45) is 0 Å². The molecular weight excluding hydrogens is 808 g/mol. The van der Waals surface area contributed by atoms with Crippen LogP contribution in [0.2, 0.25) is 0 Å². The van der Waals surface area contributed by atoms with Crippen LogP contribution in [0, 0.1) is 0 Å². The highest BCUT2D eigenvalue weighted by molar-refractivity contribution is 7.90. The highest BCUT2D eigenvalue weighted by Gasteiger charge is 2.36. The summed E-state index contributed by atoms with van der Waals surface area (Å²) < 4.78 is 91.6. The summed E-state index contributed by atoms with van der Waals surface area (Å²) in [7, 11) is -8.72. The Morgan fingerprint density at radius 2 is 1.15 bits per heavy atom. The third-order valence-corrected chi connectivity index (χ3v) is 14.9. The molecule has 4 aliphatic carbocycles. The van der Waals surface area contributed by atoms with Gasteiger partial charge in [0, 0.05) is 11.4 Å². The largest absolute Gasteiger partial charge is 0.474 e. The highest BCUT2D eigenvalue weighted by Crippen LogP contribution is 2.43. The van der Waals surface area contributed by atoms with Gasteiger partial charge in [-0.1, -0.05) is 6.07 Å².